The molecule has 32 heavy (non-hydrogen) atoms. The van der Waals surface area contributed by atoms with Crippen molar-refractivity contribution in [2.45, 2.75) is 11.8 Å². The molecule has 0 aliphatic carbocycles. The Labute approximate surface area is 188 Å². The van der Waals surface area contributed by atoms with Gasteiger partial charge in [-0.15, -0.1) is 0 Å². The summed E-state index contributed by atoms with van der Waals surface area (Å²) in [5.74, 6) is 1.95. The van der Waals surface area contributed by atoms with Crippen molar-refractivity contribution in [2.75, 3.05) is 44.8 Å². The number of rotatable bonds is 7. The molecule has 0 spiro atoms. The molecule has 3 aromatic rings. The van der Waals surface area contributed by atoms with Crippen LogP contribution < -0.4 is 14.4 Å². The average molecular weight is 455 g/mol. The number of methoxy groups -OCH3 is 1. The smallest absolute Gasteiger partial charge is 0.246 e. The van der Waals surface area contributed by atoms with Crippen molar-refractivity contribution in [2.24, 2.45) is 0 Å². The van der Waals surface area contributed by atoms with Crippen LogP contribution in [0.25, 0.3) is 11.3 Å². The lowest BCUT2D eigenvalue weighted by atomic mass is 10.1. The Bertz CT molecular complexity index is 1160. The lowest BCUT2D eigenvalue weighted by Gasteiger charge is -2.34. The predicted molar refractivity (Wildman–Crippen MR) is 123 cm³/mol. The van der Waals surface area contributed by atoms with Gasteiger partial charge < -0.3 is 14.4 Å². The second kappa shape index (κ2) is 9.54. The first kappa shape index (κ1) is 22.0. The summed E-state index contributed by atoms with van der Waals surface area (Å²) in [7, 11) is -2.16. The van der Waals surface area contributed by atoms with E-state index in [1.807, 2.05) is 37.3 Å². The molecular formula is C23H26N4O4S. The number of aromatic nitrogens is 2. The fraction of sp³-hybridized carbons (Fsp3) is 0.304. The van der Waals surface area contributed by atoms with Crippen LogP contribution in [0.4, 0.5) is 5.82 Å². The second-order valence-electron chi connectivity index (χ2n) is 7.26. The lowest BCUT2D eigenvalue weighted by molar-refractivity contribution is 0.340. The van der Waals surface area contributed by atoms with Crippen LogP contribution in [0.5, 0.6) is 11.5 Å². The quantitative estimate of drug-likeness (QED) is 0.542. The highest BCUT2D eigenvalue weighted by atomic mass is 32.2. The van der Waals surface area contributed by atoms with Crippen LogP contribution in [0.3, 0.4) is 0 Å². The van der Waals surface area contributed by atoms with Crippen LogP contribution >= 0.6 is 0 Å². The lowest BCUT2D eigenvalue weighted by Crippen LogP contribution is -2.49. The molecule has 168 valence electrons. The molecule has 2 aromatic carbocycles. The van der Waals surface area contributed by atoms with Crippen LogP contribution in [0, 0.1) is 0 Å². The van der Waals surface area contributed by atoms with Gasteiger partial charge in [-0.05, 0) is 43.3 Å². The summed E-state index contributed by atoms with van der Waals surface area (Å²) < 4.78 is 38.5. The average Bonchev–Trinajstić information content (AvgIpc) is 2.85. The molecule has 0 unspecified atom stereocenters. The van der Waals surface area contributed by atoms with E-state index in [0.29, 0.717) is 38.5 Å². The SMILES string of the molecule is CCOc1ccc(-c2cc(N3CCN(S(=O)(=O)c4ccccc4OC)CC3)ncn2)cc1. The van der Waals surface area contributed by atoms with E-state index in [0.717, 1.165) is 22.8 Å². The fourth-order valence-electron chi connectivity index (χ4n) is 3.69. The molecule has 0 radical (unpaired) electrons. The number of hydrogen-bond acceptors (Lipinski definition) is 7. The molecule has 0 N–H and O–H groups in total. The van der Waals surface area contributed by atoms with Gasteiger partial charge >= 0.3 is 0 Å². The van der Waals surface area contributed by atoms with E-state index in [4.69, 9.17) is 9.47 Å². The Morgan fingerprint density at radius 2 is 1.69 bits per heavy atom. The number of nitrogens with zero attached hydrogens (tertiary/aromatic N) is 4. The Balaban J connectivity index is 1.47. The third kappa shape index (κ3) is 4.53. The molecule has 9 heteroatoms. The zero-order valence-corrected chi connectivity index (χ0v) is 19.0. The van der Waals surface area contributed by atoms with Gasteiger partial charge in [0.15, 0.2) is 0 Å². The summed E-state index contributed by atoms with van der Waals surface area (Å²) in [6, 6.07) is 16.4. The van der Waals surface area contributed by atoms with Crippen molar-refractivity contribution >= 4 is 15.8 Å². The van der Waals surface area contributed by atoms with Crippen molar-refractivity contribution in [1.82, 2.24) is 14.3 Å². The zero-order valence-electron chi connectivity index (χ0n) is 18.1. The standard InChI is InChI=1S/C23H26N4O4S/c1-3-31-19-10-8-18(9-11-19)20-16-23(25-17-24-20)26-12-14-27(15-13-26)32(28,29)22-7-5-4-6-21(22)30-2/h4-11,16-17H,3,12-15H2,1-2H3. The Kier molecular flexibility index (Phi) is 6.57. The number of piperazine rings is 1. The molecule has 8 nitrogen and oxygen atoms in total. The zero-order chi connectivity index (χ0) is 22.6. The van der Waals surface area contributed by atoms with Crippen LogP contribution in [-0.2, 0) is 10.0 Å². The molecule has 0 bridgehead atoms. The largest absolute Gasteiger partial charge is 0.495 e. The molecule has 0 atom stereocenters. The van der Waals surface area contributed by atoms with E-state index in [1.54, 1.807) is 30.6 Å². The third-order valence-corrected chi connectivity index (χ3v) is 7.30. The molecule has 0 saturated carbocycles. The van der Waals surface area contributed by atoms with E-state index in [2.05, 4.69) is 14.9 Å². The fourth-order valence-corrected chi connectivity index (χ4v) is 5.27. The first-order valence-corrected chi connectivity index (χ1v) is 11.9. The first-order valence-electron chi connectivity index (χ1n) is 10.5. The summed E-state index contributed by atoms with van der Waals surface area (Å²) in [5.41, 5.74) is 1.77. The molecule has 1 fully saturated rings. The summed E-state index contributed by atoms with van der Waals surface area (Å²) in [6.45, 7) is 4.37. The summed E-state index contributed by atoms with van der Waals surface area (Å²) in [6.07, 6.45) is 1.54. The Morgan fingerprint density at radius 1 is 0.969 bits per heavy atom. The van der Waals surface area contributed by atoms with Gasteiger partial charge in [0.25, 0.3) is 0 Å². The first-order chi connectivity index (χ1) is 15.5. The summed E-state index contributed by atoms with van der Waals surface area (Å²) in [5, 5.41) is 0. The minimum Gasteiger partial charge on any atom is -0.495 e. The number of anilines is 1. The van der Waals surface area contributed by atoms with Gasteiger partial charge in [0.2, 0.25) is 10.0 Å². The third-order valence-electron chi connectivity index (χ3n) is 5.36. The van der Waals surface area contributed by atoms with Crippen LogP contribution in [0.2, 0.25) is 0 Å². The van der Waals surface area contributed by atoms with Gasteiger partial charge in [-0.1, -0.05) is 12.1 Å². The van der Waals surface area contributed by atoms with Crippen LogP contribution in [-0.4, -0.2) is 62.6 Å². The number of sulfonamides is 1. The monoisotopic (exact) mass is 454 g/mol. The number of benzene rings is 2. The highest BCUT2D eigenvalue weighted by Gasteiger charge is 2.31. The maximum atomic E-state index is 13.1. The topological polar surface area (TPSA) is 84.9 Å². The van der Waals surface area contributed by atoms with Crippen molar-refractivity contribution in [1.29, 1.82) is 0 Å². The normalized spacial score (nSPS) is 14.9. The van der Waals surface area contributed by atoms with Gasteiger partial charge in [-0.25, -0.2) is 18.4 Å². The highest BCUT2D eigenvalue weighted by molar-refractivity contribution is 7.89. The van der Waals surface area contributed by atoms with Crippen molar-refractivity contribution in [3.63, 3.8) is 0 Å². The molecule has 1 aromatic heterocycles. The molecule has 4 rings (SSSR count). The van der Waals surface area contributed by atoms with Gasteiger partial charge in [-0.3, -0.25) is 0 Å². The second-order valence-corrected chi connectivity index (χ2v) is 9.17. The van der Waals surface area contributed by atoms with E-state index in [1.165, 1.54) is 11.4 Å². The van der Waals surface area contributed by atoms with Gasteiger partial charge in [0, 0.05) is 37.8 Å². The minimum atomic E-state index is -3.63. The van der Waals surface area contributed by atoms with Gasteiger partial charge in [0.05, 0.1) is 19.4 Å². The summed E-state index contributed by atoms with van der Waals surface area (Å²) >= 11 is 0. The van der Waals surface area contributed by atoms with E-state index >= 15 is 0 Å². The predicted octanol–water partition coefficient (Wildman–Crippen LogP) is 3.06. The minimum absolute atomic E-state index is 0.191. The molecule has 1 aliphatic heterocycles. The van der Waals surface area contributed by atoms with Gasteiger partial charge in [0.1, 0.15) is 28.5 Å². The number of hydrogen-bond donors (Lipinski definition) is 0. The molecule has 1 saturated heterocycles. The van der Waals surface area contributed by atoms with Crippen molar-refractivity contribution in [3.05, 3.63) is 60.9 Å². The maximum Gasteiger partial charge on any atom is 0.246 e. The van der Waals surface area contributed by atoms with Gasteiger partial charge in [-0.2, -0.15) is 4.31 Å². The van der Waals surface area contributed by atoms with Crippen molar-refractivity contribution in [3.8, 4) is 22.8 Å². The van der Waals surface area contributed by atoms with Crippen molar-refractivity contribution < 1.29 is 17.9 Å². The molecule has 0 amide bonds. The van der Waals surface area contributed by atoms with Crippen LogP contribution in [0.15, 0.2) is 65.8 Å². The molecule has 2 heterocycles. The number of para-hydroxylation sites is 1. The van der Waals surface area contributed by atoms with Crippen LogP contribution in [0.1, 0.15) is 6.92 Å². The number of ether oxygens (including phenoxy) is 2. The van der Waals surface area contributed by atoms with E-state index in [9.17, 15) is 8.42 Å². The van der Waals surface area contributed by atoms with E-state index < -0.39 is 10.0 Å². The molecular weight excluding hydrogens is 428 g/mol. The molecule has 1 aliphatic rings. The highest BCUT2D eigenvalue weighted by Crippen LogP contribution is 2.28. The van der Waals surface area contributed by atoms with E-state index in [-0.39, 0.29) is 4.90 Å². The maximum absolute atomic E-state index is 13.1. The summed E-state index contributed by atoms with van der Waals surface area (Å²) in [4.78, 5) is 11.1. The Morgan fingerprint density at radius 3 is 2.38 bits per heavy atom. The Hall–Kier alpha value is -3.17.